The number of allylic oxidation sites excluding steroid dienone is 1. The predicted molar refractivity (Wildman–Crippen MR) is 65.6 cm³/mol. The summed E-state index contributed by atoms with van der Waals surface area (Å²) < 4.78 is 18.1. The first kappa shape index (κ1) is 12.8. The first-order valence-electron chi connectivity index (χ1n) is 5.56. The Kier molecular flexibility index (Phi) is 4.53. The minimum Gasteiger partial charge on any atom is -0.460 e. The average molecular weight is 222 g/mol. The highest BCUT2D eigenvalue weighted by Crippen LogP contribution is 2.30. The third-order valence-corrected chi connectivity index (χ3v) is 2.51. The van der Waals surface area contributed by atoms with Gasteiger partial charge in [-0.05, 0) is 36.5 Å². The number of aryl methyl sites for hydroxylation is 1. The molecule has 0 heterocycles. The molecule has 1 nitrogen and oxygen atoms in total. The molecule has 16 heavy (non-hydrogen) atoms. The molecule has 0 saturated heterocycles. The Hall–Kier alpha value is -1.31. The van der Waals surface area contributed by atoms with Gasteiger partial charge < -0.3 is 4.74 Å². The zero-order valence-electron chi connectivity index (χ0n) is 10.2. The number of hydrogen-bond acceptors (Lipinski definition) is 1. The van der Waals surface area contributed by atoms with Gasteiger partial charge in [-0.25, -0.2) is 4.39 Å². The summed E-state index contributed by atoms with van der Waals surface area (Å²) in [7, 11) is 0. The summed E-state index contributed by atoms with van der Waals surface area (Å²) in [5.41, 5.74) is 2.11. The van der Waals surface area contributed by atoms with Crippen molar-refractivity contribution in [3.05, 3.63) is 42.0 Å². The fraction of sp³-hybridized carbons (Fsp3) is 0.429. The Bertz CT molecular complexity index is 358. The summed E-state index contributed by atoms with van der Waals surface area (Å²) in [6.07, 6.45) is 1.45. The van der Waals surface area contributed by atoms with Crippen molar-refractivity contribution in [2.45, 2.75) is 39.5 Å². The van der Waals surface area contributed by atoms with Gasteiger partial charge in [-0.3, -0.25) is 0 Å². The second-order valence-corrected chi connectivity index (χ2v) is 4.13. The van der Waals surface area contributed by atoms with Crippen LogP contribution in [0, 0.1) is 6.92 Å². The number of benzene rings is 1. The highest BCUT2D eigenvalue weighted by atomic mass is 19.1. The van der Waals surface area contributed by atoms with Crippen molar-refractivity contribution in [3.63, 3.8) is 0 Å². The normalized spacial score (nSPS) is 14.2. The van der Waals surface area contributed by atoms with Crippen molar-refractivity contribution >= 4 is 0 Å². The molecular weight excluding hydrogens is 203 g/mol. The quantitative estimate of drug-likeness (QED) is 0.672. The molecule has 0 aromatic heterocycles. The largest absolute Gasteiger partial charge is 0.460 e. The van der Waals surface area contributed by atoms with E-state index in [1.165, 1.54) is 6.92 Å². The van der Waals surface area contributed by atoms with Gasteiger partial charge in [0.1, 0.15) is 5.75 Å². The molecule has 1 aromatic carbocycles. The number of ether oxygens (including phenoxy) is 1. The smallest absolute Gasteiger partial charge is 0.235 e. The van der Waals surface area contributed by atoms with Gasteiger partial charge in [0.15, 0.2) is 0 Å². The Labute approximate surface area is 96.9 Å². The minimum atomic E-state index is -1.28. The lowest BCUT2D eigenvalue weighted by atomic mass is 9.96. The zero-order chi connectivity index (χ0) is 12.1. The monoisotopic (exact) mass is 222 g/mol. The summed E-state index contributed by atoms with van der Waals surface area (Å²) >= 11 is 0. The van der Waals surface area contributed by atoms with Gasteiger partial charge in [-0.2, -0.15) is 0 Å². The Morgan fingerprint density at radius 2 is 2.12 bits per heavy atom. The number of halogens is 1. The van der Waals surface area contributed by atoms with Gasteiger partial charge in [0, 0.05) is 6.92 Å². The standard InChI is InChI=1S/C14H19FO/c1-5-6-11(3)13-8-7-10(2)9-14(13)16-12(4)15/h5,7-9,11-12H,1,6H2,2-4H3. The van der Waals surface area contributed by atoms with E-state index < -0.39 is 6.36 Å². The van der Waals surface area contributed by atoms with Crippen molar-refractivity contribution < 1.29 is 9.13 Å². The molecule has 0 fully saturated rings. The van der Waals surface area contributed by atoms with Gasteiger partial charge in [-0.15, -0.1) is 6.58 Å². The van der Waals surface area contributed by atoms with Crippen LogP contribution in [-0.4, -0.2) is 6.36 Å². The van der Waals surface area contributed by atoms with E-state index in [1.807, 2.05) is 31.2 Å². The van der Waals surface area contributed by atoms with Crippen molar-refractivity contribution in [1.29, 1.82) is 0 Å². The van der Waals surface area contributed by atoms with Crippen LogP contribution >= 0.6 is 0 Å². The molecule has 0 N–H and O–H groups in total. The second-order valence-electron chi connectivity index (χ2n) is 4.13. The van der Waals surface area contributed by atoms with E-state index >= 15 is 0 Å². The van der Waals surface area contributed by atoms with Gasteiger partial charge in [0.05, 0.1) is 0 Å². The summed E-state index contributed by atoms with van der Waals surface area (Å²) in [6.45, 7) is 9.17. The number of hydrogen-bond donors (Lipinski definition) is 0. The molecule has 0 spiro atoms. The van der Waals surface area contributed by atoms with Crippen LogP contribution in [0.3, 0.4) is 0 Å². The molecule has 2 unspecified atom stereocenters. The number of alkyl halides is 1. The molecule has 2 atom stereocenters. The van der Waals surface area contributed by atoms with Crippen LogP contribution in [0.15, 0.2) is 30.9 Å². The van der Waals surface area contributed by atoms with Crippen LogP contribution < -0.4 is 4.74 Å². The van der Waals surface area contributed by atoms with Crippen molar-refractivity contribution in [1.82, 2.24) is 0 Å². The van der Waals surface area contributed by atoms with Crippen LogP contribution in [0.2, 0.25) is 0 Å². The van der Waals surface area contributed by atoms with E-state index in [4.69, 9.17) is 4.74 Å². The maximum atomic E-state index is 12.9. The predicted octanol–water partition coefficient (Wildman–Crippen LogP) is 4.37. The molecule has 88 valence electrons. The van der Waals surface area contributed by atoms with Gasteiger partial charge in [0.2, 0.25) is 6.36 Å². The molecule has 0 aliphatic rings. The lowest BCUT2D eigenvalue weighted by molar-refractivity contribution is 0.0845. The van der Waals surface area contributed by atoms with Crippen LogP contribution in [0.5, 0.6) is 5.75 Å². The molecule has 0 aliphatic heterocycles. The fourth-order valence-corrected chi connectivity index (χ4v) is 1.70. The Morgan fingerprint density at radius 3 is 2.69 bits per heavy atom. The summed E-state index contributed by atoms with van der Waals surface area (Å²) in [6, 6.07) is 5.90. The highest BCUT2D eigenvalue weighted by molar-refractivity contribution is 5.39. The molecule has 0 aliphatic carbocycles. The molecule has 1 aromatic rings. The van der Waals surface area contributed by atoms with E-state index in [1.54, 1.807) is 0 Å². The molecule has 1 rings (SSSR count). The van der Waals surface area contributed by atoms with E-state index in [0.29, 0.717) is 11.7 Å². The molecular formula is C14H19FO. The Balaban J connectivity index is 3.01. The second kappa shape index (κ2) is 5.69. The fourth-order valence-electron chi connectivity index (χ4n) is 1.70. The van der Waals surface area contributed by atoms with E-state index in [0.717, 1.165) is 17.5 Å². The van der Waals surface area contributed by atoms with Gasteiger partial charge in [0.25, 0.3) is 0 Å². The van der Waals surface area contributed by atoms with Crippen molar-refractivity contribution in [3.8, 4) is 5.75 Å². The molecule has 0 saturated carbocycles. The van der Waals surface area contributed by atoms with E-state index in [-0.39, 0.29) is 0 Å². The minimum absolute atomic E-state index is 0.298. The topological polar surface area (TPSA) is 9.23 Å². The lowest BCUT2D eigenvalue weighted by Gasteiger charge is -2.17. The van der Waals surface area contributed by atoms with Crippen LogP contribution in [-0.2, 0) is 0 Å². The molecule has 2 heteroatoms. The zero-order valence-corrected chi connectivity index (χ0v) is 10.2. The maximum Gasteiger partial charge on any atom is 0.235 e. The lowest BCUT2D eigenvalue weighted by Crippen LogP contribution is -2.07. The summed E-state index contributed by atoms with van der Waals surface area (Å²) in [5, 5.41) is 0. The number of rotatable bonds is 5. The van der Waals surface area contributed by atoms with Gasteiger partial charge in [-0.1, -0.05) is 25.1 Å². The summed E-state index contributed by atoms with van der Waals surface area (Å²) in [5.74, 6) is 0.941. The summed E-state index contributed by atoms with van der Waals surface area (Å²) in [4.78, 5) is 0. The van der Waals surface area contributed by atoms with E-state index in [2.05, 4.69) is 13.5 Å². The molecule has 0 radical (unpaired) electrons. The first-order chi connectivity index (χ1) is 7.54. The maximum absolute atomic E-state index is 12.9. The van der Waals surface area contributed by atoms with Crippen LogP contribution in [0.1, 0.15) is 37.3 Å². The van der Waals surface area contributed by atoms with E-state index in [9.17, 15) is 4.39 Å². The Morgan fingerprint density at radius 1 is 1.44 bits per heavy atom. The molecule has 0 amide bonds. The van der Waals surface area contributed by atoms with Crippen LogP contribution in [0.25, 0.3) is 0 Å². The third kappa shape index (κ3) is 3.37. The van der Waals surface area contributed by atoms with Crippen molar-refractivity contribution in [2.24, 2.45) is 0 Å². The highest BCUT2D eigenvalue weighted by Gasteiger charge is 2.12. The van der Waals surface area contributed by atoms with Crippen molar-refractivity contribution in [2.75, 3.05) is 0 Å². The molecule has 0 bridgehead atoms. The average Bonchev–Trinajstić information content (AvgIpc) is 2.16. The SMILES string of the molecule is C=CCC(C)c1ccc(C)cc1OC(C)F. The van der Waals surface area contributed by atoms with Crippen LogP contribution in [0.4, 0.5) is 4.39 Å². The van der Waals surface area contributed by atoms with Gasteiger partial charge >= 0.3 is 0 Å². The third-order valence-electron chi connectivity index (χ3n) is 2.51. The first-order valence-corrected chi connectivity index (χ1v) is 5.56.